The molecule has 0 radical (unpaired) electrons. The second-order valence-electron chi connectivity index (χ2n) is 9.57. The van der Waals surface area contributed by atoms with E-state index in [1.54, 1.807) is 38.1 Å². The number of H-pyrrole nitrogens is 2. The predicted octanol–water partition coefficient (Wildman–Crippen LogP) is 3.99. The molecule has 0 aliphatic rings. The maximum Gasteiger partial charge on any atom is 0.277 e. The van der Waals surface area contributed by atoms with Gasteiger partial charge in [-0.3, -0.25) is 29.9 Å². The zero-order chi connectivity index (χ0) is 30.3. The molecule has 1 aromatic carbocycles. The molecule has 0 amide bonds. The van der Waals surface area contributed by atoms with Crippen molar-refractivity contribution in [1.29, 1.82) is 0 Å². The van der Waals surface area contributed by atoms with E-state index in [1.807, 2.05) is 26.4 Å². The summed E-state index contributed by atoms with van der Waals surface area (Å²) in [6.07, 6.45) is 3.69. The third kappa shape index (κ3) is 5.27. The number of aromatic nitrogens is 8. The average molecular weight is 606 g/mol. The number of aromatic amines is 2. The van der Waals surface area contributed by atoms with Crippen LogP contribution in [0.1, 0.15) is 45.4 Å². The van der Waals surface area contributed by atoms with Crippen molar-refractivity contribution in [2.45, 2.75) is 43.9 Å². The number of nitrogens with zero attached hydrogens (tertiary/aromatic N) is 7. The van der Waals surface area contributed by atoms with Crippen LogP contribution in [0.2, 0.25) is 0 Å². The summed E-state index contributed by atoms with van der Waals surface area (Å²) in [5.74, 6) is -0.150. The molecule has 42 heavy (non-hydrogen) atoms. The number of nitro groups is 1. The topological polar surface area (TPSA) is 170 Å². The second-order valence-corrected chi connectivity index (χ2v) is 11.1. The highest BCUT2D eigenvalue weighted by atomic mass is 32.2. The van der Waals surface area contributed by atoms with Gasteiger partial charge in [0, 0.05) is 53.0 Å². The highest BCUT2D eigenvalue weighted by molar-refractivity contribution is 7.98. The molecule has 0 saturated heterocycles. The van der Waals surface area contributed by atoms with Crippen LogP contribution in [-0.2, 0) is 0 Å². The summed E-state index contributed by atoms with van der Waals surface area (Å²) in [4.78, 5) is 56.8. The van der Waals surface area contributed by atoms with E-state index in [4.69, 9.17) is 0 Å². The number of hydrogen-bond donors (Lipinski definition) is 2. The third-order valence-electron chi connectivity index (χ3n) is 6.71. The van der Waals surface area contributed by atoms with Gasteiger partial charge in [-0.2, -0.15) is 0 Å². The van der Waals surface area contributed by atoms with Crippen LogP contribution in [0.4, 0.5) is 5.69 Å². The van der Waals surface area contributed by atoms with E-state index in [0.717, 1.165) is 0 Å². The number of aryl methyl sites for hydroxylation is 4. The number of nitrogens with one attached hydrogen (secondary N) is 2. The van der Waals surface area contributed by atoms with E-state index < -0.39 is 22.0 Å². The first-order chi connectivity index (χ1) is 20.0. The lowest BCUT2D eigenvalue weighted by atomic mass is 9.85. The summed E-state index contributed by atoms with van der Waals surface area (Å²) < 4.78 is 2.66. The molecule has 4 heterocycles. The molecule has 4 aromatic heterocycles. The van der Waals surface area contributed by atoms with Gasteiger partial charge >= 0.3 is 0 Å². The van der Waals surface area contributed by atoms with E-state index >= 15 is 0 Å². The fourth-order valence-electron chi connectivity index (χ4n) is 4.85. The van der Waals surface area contributed by atoms with E-state index in [1.165, 1.54) is 45.0 Å². The van der Waals surface area contributed by atoms with Crippen LogP contribution in [0.15, 0.2) is 56.3 Å². The minimum absolute atomic E-state index is 0.106. The maximum atomic E-state index is 14.1. The molecule has 0 atom stereocenters. The average Bonchev–Trinajstić information content (AvgIpc) is 3.42. The molecule has 15 heteroatoms. The highest BCUT2D eigenvalue weighted by Crippen LogP contribution is 2.33. The number of thioether (sulfide) groups is 2. The molecule has 0 bridgehead atoms. The number of benzene rings is 1. The first-order valence-electron chi connectivity index (χ1n) is 12.7. The van der Waals surface area contributed by atoms with Gasteiger partial charge in [-0.15, -0.1) is 0 Å². The van der Waals surface area contributed by atoms with Crippen molar-refractivity contribution in [1.82, 2.24) is 39.5 Å². The monoisotopic (exact) mass is 605 g/mol. The molecule has 0 unspecified atom stereocenters. The predicted molar refractivity (Wildman–Crippen MR) is 161 cm³/mol. The smallest absolute Gasteiger partial charge is 0.277 e. The van der Waals surface area contributed by atoms with Crippen molar-refractivity contribution < 1.29 is 4.92 Å². The van der Waals surface area contributed by atoms with Gasteiger partial charge in [0.2, 0.25) is 0 Å². The van der Waals surface area contributed by atoms with Crippen molar-refractivity contribution >= 4 is 29.2 Å². The van der Waals surface area contributed by atoms with Crippen molar-refractivity contribution in [3.8, 4) is 11.6 Å². The Morgan fingerprint density at radius 3 is 1.57 bits per heavy atom. The molecule has 5 rings (SSSR count). The van der Waals surface area contributed by atoms with Crippen LogP contribution < -0.4 is 11.1 Å². The lowest BCUT2D eigenvalue weighted by Crippen LogP contribution is -2.26. The summed E-state index contributed by atoms with van der Waals surface area (Å²) in [6.45, 7) is 7.12. The minimum Gasteiger partial charge on any atom is -0.294 e. The normalized spacial score (nSPS) is 11.4. The van der Waals surface area contributed by atoms with Gasteiger partial charge in [-0.1, -0.05) is 35.7 Å². The number of non-ortho nitro benzene ring substituents is 1. The Labute approximate surface area is 248 Å². The van der Waals surface area contributed by atoms with Crippen molar-refractivity contribution in [2.24, 2.45) is 0 Å². The van der Waals surface area contributed by atoms with Crippen LogP contribution in [0.5, 0.6) is 0 Å². The Morgan fingerprint density at radius 1 is 0.762 bits per heavy atom. The van der Waals surface area contributed by atoms with Gasteiger partial charge in [0.25, 0.3) is 16.8 Å². The molecule has 0 fully saturated rings. The number of hydrogen-bond acceptors (Lipinski definition) is 10. The lowest BCUT2D eigenvalue weighted by Gasteiger charge is -2.15. The Balaban J connectivity index is 1.76. The SMILES string of the molecule is CSc1nc(C)cc(-n2[nH]c(C)c(C(c3ccc([N+](=O)[O-])cc3)c3c(C)[nH]n(-c4cc(C)nc(SC)n4)c3=O)c2=O)n1. The summed E-state index contributed by atoms with van der Waals surface area (Å²) in [7, 11) is 0. The van der Waals surface area contributed by atoms with E-state index in [9.17, 15) is 19.7 Å². The maximum absolute atomic E-state index is 14.1. The van der Waals surface area contributed by atoms with Crippen LogP contribution in [0.3, 0.4) is 0 Å². The van der Waals surface area contributed by atoms with E-state index in [-0.39, 0.29) is 5.69 Å². The van der Waals surface area contributed by atoms with Crippen LogP contribution in [-0.4, -0.2) is 56.9 Å². The van der Waals surface area contributed by atoms with Crippen molar-refractivity contribution in [2.75, 3.05) is 12.5 Å². The Kier molecular flexibility index (Phi) is 7.88. The summed E-state index contributed by atoms with van der Waals surface area (Å²) in [6, 6.07) is 9.24. The standard InChI is InChI=1S/C27H27N9O4S2/c1-13-11-19(30-26(28-13)41-5)34-24(37)21(15(3)32-34)23(17-7-9-18(10-8-17)36(39)40)22-16(4)33-35(25(22)38)20-12-14(2)29-27(31-20)42-6/h7-12,23,32-33H,1-6H3. The highest BCUT2D eigenvalue weighted by Gasteiger charge is 2.31. The van der Waals surface area contributed by atoms with E-state index in [2.05, 4.69) is 30.1 Å². The molecule has 5 aromatic rings. The van der Waals surface area contributed by atoms with Gasteiger partial charge in [0.15, 0.2) is 21.9 Å². The minimum atomic E-state index is -0.869. The van der Waals surface area contributed by atoms with Crippen LogP contribution in [0, 0.1) is 37.8 Å². The first-order valence-corrected chi connectivity index (χ1v) is 15.1. The Morgan fingerprint density at radius 2 is 1.19 bits per heavy atom. The molecule has 0 spiro atoms. The zero-order valence-corrected chi connectivity index (χ0v) is 25.3. The second kappa shape index (κ2) is 11.4. The summed E-state index contributed by atoms with van der Waals surface area (Å²) in [5, 5.41) is 18.6. The van der Waals surface area contributed by atoms with Gasteiger partial charge < -0.3 is 0 Å². The van der Waals surface area contributed by atoms with Gasteiger partial charge in [0.1, 0.15) is 0 Å². The van der Waals surface area contributed by atoms with E-state index in [0.29, 0.717) is 61.4 Å². The summed E-state index contributed by atoms with van der Waals surface area (Å²) in [5.41, 5.74) is 2.62. The fraction of sp³-hybridized carbons (Fsp3) is 0.259. The van der Waals surface area contributed by atoms with Gasteiger partial charge in [0.05, 0.1) is 16.1 Å². The lowest BCUT2D eigenvalue weighted by molar-refractivity contribution is -0.384. The van der Waals surface area contributed by atoms with Crippen molar-refractivity contribution in [3.05, 3.63) is 107 Å². The number of nitro benzene ring substituents is 1. The zero-order valence-electron chi connectivity index (χ0n) is 23.6. The molecular formula is C27H27N9O4S2. The number of rotatable bonds is 8. The Bertz CT molecular complexity index is 1830. The Hall–Kier alpha value is -4.50. The molecule has 0 saturated carbocycles. The largest absolute Gasteiger partial charge is 0.294 e. The third-order valence-corrected chi connectivity index (χ3v) is 7.81. The van der Waals surface area contributed by atoms with Crippen LogP contribution >= 0.6 is 23.5 Å². The molecule has 0 aliphatic heterocycles. The van der Waals surface area contributed by atoms with Crippen LogP contribution in [0.25, 0.3) is 11.6 Å². The fourth-order valence-corrected chi connectivity index (χ4v) is 5.69. The first kappa shape index (κ1) is 29.0. The van der Waals surface area contributed by atoms with Gasteiger partial charge in [-0.05, 0) is 45.8 Å². The molecule has 216 valence electrons. The van der Waals surface area contributed by atoms with Crippen molar-refractivity contribution in [3.63, 3.8) is 0 Å². The molecule has 13 nitrogen and oxygen atoms in total. The summed E-state index contributed by atoms with van der Waals surface area (Å²) >= 11 is 2.71. The quantitative estimate of drug-likeness (QED) is 0.114. The van der Waals surface area contributed by atoms with Gasteiger partial charge in [-0.25, -0.2) is 29.3 Å². The molecular weight excluding hydrogens is 578 g/mol. The molecule has 2 N–H and O–H groups in total. The molecule has 0 aliphatic carbocycles.